The first-order valence-corrected chi connectivity index (χ1v) is 13.7. The number of hydrogen-bond acceptors (Lipinski definition) is 8. The molecule has 11 heteroatoms. The van der Waals surface area contributed by atoms with E-state index >= 15 is 0 Å². The fraction of sp³-hybridized carbons (Fsp3) is 0.207. The number of nitrogens with one attached hydrogen (secondary N) is 1. The van der Waals surface area contributed by atoms with E-state index in [0.717, 1.165) is 28.4 Å². The molecule has 0 saturated heterocycles. The van der Waals surface area contributed by atoms with Crippen LogP contribution in [0.3, 0.4) is 0 Å². The molecule has 1 atom stereocenters. The molecule has 1 unspecified atom stereocenters. The number of carboxylic acids is 1. The van der Waals surface area contributed by atoms with Gasteiger partial charge >= 0.3 is 12.1 Å². The van der Waals surface area contributed by atoms with Crippen LogP contribution in [-0.4, -0.2) is 31.1 Å². The molecular weight excluding hydrogens is 552 g/mol. The summed E-state index contributed by atoms with van der Waals surface area (Å²) in [5.41, 5.74) is 5.16. The zero-order valence-electron chi connectivity index (χ0n) is 21.5. The Hall–Kier alpha value is -4.28. The summed E-state index contributed by atoms with van der Waals surface area (Å²) in [6.07, 6.45) is 0.0355. The molecule has 40 heavy (non-hydrogen) atoms. The van der Waals surface area contributed by atoms with Crippen molar-refractivity contribution in [1.29, 1.82) is 0 Å². The highest BCUT2D eigenvalue weighted by Crippen LogP contribution is 2.49. The Bertz CT molecular complexity index is 1760. The molecule has 6 rings (SSSR count). The van der Waals surface area contributed by atoms with Crippen molar-refractivity contribution in [2.24, 2.45) is 0 Å². The van der Waals surface area contributed by atoms with Crippen LogP contribution < -0.4 is 5.32 Å². The Kier molecular flexibility index (Phi) is 6.52. The summed E-state index contributed by atoms with van der Waals surface area (Å²) in [6, 6.07) is 18.5. The van der Waals surface area contributed by atoms with E-state index in [1.165, 1.54) is 0 Å². The summed E-state index contributed by atoms with van der Waals surface area (Å²) in [5.74, 6) is -0.457. The van der Waals surface area contributed by atoms with Gasteiger partial charge in [0.25, 0.3) is 0 Å². The number of aryl methyl sites for hydroxylation is 1. The minimum Gasteiger partial charge on any atom is -0.481 e. The topological polar surface area (TPSA) is 127 Å². The number of ether oxygens (including phenoxy) is 1. The van der Waals surface area contributed by atoms with Crippen molar-refractivity contribution in [1.82, 2.24) is 13.9 Å². The zero-order valence-corrected chi connectivity index (χ0v) is 23.0. The number of aromatic nitrogens is 3. The van der Waals surface area contributed by atoms with Gasteiger partial charge in [0.1, 0.15) is 28.5 Å². The average Bonchev–Trinajstić information content (AvgIpc) is 3.49. The highest BCUT2D eigenvalue weighted by molar-refractivity contribution is 7.00. The second-order valence-corrected chi connectivity index (χ2v) is 10.7. The fourth-order valence-corrected chi connectivity index (χ4v) is 5.73. The minimum absolute atomic E-state index is 0.330. The average molecular weight is 575 g/mol. The summed E-state index contributed by atoms with van der Waals surface area (Å²) in [6.45, 7) is 3.46. The van der Waals surface area contributed by atoms with Gasteiger partial charge in [0.05, 0.1) is 22.7 Å². The molecule has 9 nitrogen and oxygen atoms in total. The molecule has 2 heterocycles. The standard InChI is InChI=1S/C29H23ClN4O5S/c1-15-23(31-28(37)38-16(2)19-5-3-4-6-22(19)30)26(39-32-15)21-12-11-20(24-25(21)34-40-33-24)17-7-9-18(10-8-17)29(13-14-29)27(35)36/h3-12,16H,13-14H2,1-2H3,(H,31,37)(H,35,36). The maximum Gasteiger partial charge on any atom is 0.412 e. The first-order chi connectivity index (χ1) is 19.3. The van der Waals surface area contributed by atoms with Crippen LogP contribution in [0, 0.1) is 6.92 Å². The van der Waals surface area contributed by atoms with Crippen molar-refractivity contribution in [2.45, 2.75) is 38.2 Å². The van der Waals surface area contributed by atoms with Crippen LogP contribution in [0.15, 0.2) is 65.2 Å². The van der Waals surface area contributed by atoms with E-state index in [4.69, 9.17) is 20.9 Å². The van der Waals surface area contributed by atoms with E-state index in [2.05, 4.69) is 19.2 Å². The molecule has 1 fully saturated rings. The second-order valence-electron chi connectivity index (χ2n) is 9.75. The molecule has 1 saturated carbocycles. The smallest absolute Gasteiger partial charge is 0.412 e. The van der Waals surface area contributed by atoms with Crippen LogP contribution >= 0.6 is 23.3 Å². The van der Waals surface area contributed by atoms with E-state index in [1.54, 1.807) is 26.0 Å². The molecule has 0 radical (unpaired) electrons. The Morgan fingerprint density at radius 1 is 1.05 bits per heavy atom. The van der Waals surface area contributed by atoms with Crippen molar-refractivity contribution < 1.29 is 24.0 Å². The summed E-state index contributed by atoms with van der Waals surface area (Å²) in [4.78, 5) is 24.5. The predicted octanol–water partition coefficient (Wildman–Crippen LogP) is 7.40. The van der Waals surface area contributed by atoms with Crippen molar-refractivity contribution in [3.8, 4) is 22.5 Å². The lowest BCUT2D eigenvalue weighted by atomic mass is 9.93. The van der Waals surface area contributed by atoms with Gasteiger partial charge in [0.2, 0.25) is 0 Å². The highest BCUT2D eigenvalue weighted by atomic mass is 35.5. The maximum absolute atomic E-state index is 12.8. The lowest BCUT2D eigenvalue weighted by Crippen LogP contribution is -2.19. The Balaban J connectivity index is 1.28. The SMILES string of the molecule is Cc1noc(-c2ccc(-c3ccc(C4(C(=O)O)CC4)cc3)c3nsnc23)c1NC(=O)OC(C)c1ccccc1Cl. The van der Waals surface area contributed by atoms with Gasteiger partial charge in [0.15, 0.2) is 5.76 Å². The van der Waals surface area contributed by atoms with E-state index < -0.39 is 23.6 Å². The third kappa shape index (κ3) is 4.48. The molecule has 5 aromatic rings. The Labute approximate surface area is 238 Å². The van der Waals surface area contributed by atoms with Gasteiger partial charge in [-0.05, 0) is 49.9 Å². The third-order valence-electron chi connectivity index (χ3n) is 7.28. The first-order valence-electron chi connectivity index (χ1n) is 12.6. The van der Waals surface area contributed by atoms with Gasteiger partial charge in [-0.3, -0.25) is 10.1 Å². The van der Waals surface area contributed by atoms with Gasteiger partial charge in [-0.2, -0.15) is 8.75 Å². The quantitative estimate of drug-likeness (QED) is 0.206. The molecule has 0 bridgehead atoms. The number of fused-ring (bicyclic) bond motifs is 1. The largest absolute Gasteiger partial charge is 0.481 e. The molecule has 2 aromatic heterocycles. The van der Waals surface area contributed by atoms with Gasteiger partial charge in [-0.25, -0.2) is 4.79 Å². The van der Waals surface area contributed by atoms with E-state index in [9.17, 15) is 14.7 Å². The minimum atomic E-state index is -0.787. The number of amides is 1. The molecule has 2 N–H and O–H groups in total. The molecule has 3 aromatic carbocycles. The molecule has 202 valence electrons. The number of anilines is 1. The lowest BCUT2D eigenvalue weighted by molar-refractivity contribution is -0.140. The Morgan fingerprint density at radius 2 is 1.73 bits per heavy atom. The fourth-order valence-electron chi connectivity index (χ4n) is 4.86. The number of hydrogen-bond donors (Lipinski definition) is 2. The van der Waals surface area contributed by atoms with Crippen LogP contribution in [-0.2, 0) is 14.9 Å². The van der Waals surface area contributed by atoms with Crippen LogP contribution in [0.25, 0.3) is 33.5 Å². The maximum atomic E-state index is 12.8. The molecule has 1 amide bonds. The van der Waals surface area contributed by atoms with E-state index in [0.29, 0.717) is 57.2 Å². The molecule has 0 spiro atoms. The van der Waals surface area contributed by atoms with Crippen molar-refractivity contribution in [3.63, 3.8) is 0 Å². The highest BCUT2D eigenvalue weighted by Gasteiger charge is 2.51. The number of nitrogens with zero attached hydrogens (tertiary/aromatic N) is 3. The van der Waals surface area contributed by atoms with Crippen LogP contribution in [0.2, 0.25) is 5.02 Å². The number of aliphatic carboxylic acids is 1. The molecule has 0 aliphatic heterocycles. The summed E-state index contributed by atoms with van der Waals surface area (Å²) in [5, 5.41) is 16.9. The number of rotatable bonds is 7. The third-order valence-corrected chi connectivity index (χ3v) is 8.16. The number of benzene rings is 3. The molecule has 1 aliphatic rings. The van der Waals surface area contributed by atoms with Gasteiger partial charge < -0.3 is 14.4 Å². The van der Waals surface area contributed by atoms with E-state index in [1.807, 2.05) is 48.5 Å². The normalized spacial score (nSPS) is 14.6. The monoisotopic (exact) mass is 574 g/mol. The van der Waals surface area contributed by atoms with Crippen LogP contribution in [0.5, 0.6) is 0 Å². The van der Waals surface area contributed by atoms with Crippen molar-refractivity contribution in [2.75, 3.05) is 5.32 Å². The number of halogens is 1. The molecular formula is C29H23ClN4O5S. The number of carbonyl (C=O) groups excluding carboxylic acids is 1. The Morgan fingerprint density at radius 3 is 2.40 bits per heavy atom. The van der Waals surface area contributed by atoms with Crippen LogP contribution in [0.4, 0.5) is 10.5 Å². The summed E-state index contributed by atoms with van der Waals surface area (Å²) < 4.78 is 20.2. The van der Waals surface area contributed by atoms with Gasteiger partial charge in [-0.15, -0.1) is 0 Å². The second kappa shape index (κ2) is 10.0. The van der Waals surface area contributed by atoms with E-state index in [-0.39, 0.29) is 0 Å². The number of carboxylic acid groups (broad SMARTS) is 1. The zero-order chi connectivity index (χ0) is 28.0. The lowest BCUT2D eigenvalue weighted by Gasteiger charge is -2.15. The van der Waals surface area contributed by atoms with Crippen LogP contribution in [0.1, 0.15) is 42.7 Å². The predicted molar refractivity (Wildman–Crippen MR) is 152 cm³/mol. The molecule has 1 aliphatic carbocycles. The van der Waals surface area contributed by atoms with Crippen molar-refractivity contribution >= 4 is 52.1 Å². The van der Waals surface area contributed by atoms with Gasteiger partial charge in [-0.1, -0.05) is 65.3 Å². The van der Waals surface area contributed by atoms with Gasteiger partial charge in [0, 0.05) is 16.1 Å². The summed E-state index contributed by atoms with van der Waals surface area (Å²) >= 11 is 7.31. The van der Waals surface area contributed by atoms with Crippen molar-refractivity contribution in [3.05, 3.63) is 82.5 Å². The summed E-state index contributed by atoms with van der Waals surface area (Å²) in [7, 11) is 0. The first kappa shape index (κ1) is 26.0. The number of carbonyl (C=O) groups is 2.